The topological polar surface area (TPSA) is 62.3 Å². The zero-order valence-corrected chi connectivity index (χ0v) is 14.5. The number of anilines is 2. The molecule has 7 heteroatoms. The fraction of sp³-hybridized carbons (Fsp3) is 0.353. The molecule has 0 spiro atoms. The van der Waals surface area contributed by atoms with Crippen LogP contribution >= 0.6 is 23.1 Å². The minimum atomic E-state index is -0.864. The van der Waals surface area contributed by atoms with E-state index in [1.807, 2.05) is 24.3 Å². The third kappa shape index (κ3) is 1.91. The maximum atomic E-state index is 13.1. The van der Waals surface area contributed by atoms with Gasteiger partial charge in [-0.25, -0.2) is 4.98 Å². The summed E-state index contributed by atoms with van der Waals surface area (Å²) in [6.07, 6.45) is 4.14. The Balaban J connectivity index is 1.48. The van der Waals surface area contributed by atoms with Crippen LogP contribution in [0.1, 0.15) is 29.8 Å². The number of nitrogens with zero attached hydrogens (tertiary/aromatic N) is 2. The van der Waals surface area contributed by atoms with Gasteiger partial charge in [0.25, 0.3) is 5.91 Å². The molecule has 1 N–H and O–H groups in total. The van der Waals surface area contributed by atoms with Gasteiger partial charge in [-0.15, -0.1) is 11.3 Å². The highest BCUT2D eigenvalue weighted by Crippen LogP contribution is 2.56. The molecule has 122 valence electrons. The molecule has 24 heavy (non-hydrogen) atoms. The van der Waals surface area contributed by atoms with Gasteiger partial charge in [0.05, 0.1) is 11.4 Å². The van der Waals surface area contributed by atoms with Crippen molar-refractivity contribution in [2.45, 2.75) is 41.9 Å². The van der Waals surface area contributed by atoms with E-state index in [0.29, 0.717) is 18.0 Å². The lowest BCUT2D eigenvalue weighted by Gasteiger charge is -2.29. The van der Waals surface area contributed by atoms with Gasteiger partial charge in [-0.1, -0.05) is 23.9 Å². The molecule has 0 radical (unpaired) electrons. The molecule has 1 aromatic carbocycles. The molecular weight excluding hydrogens is 342 g/mol. The summed E-state index contributed by atoms with van der Waals surface area (Å²) >= 11 is 3.05. The third-order valence-electron chi connectivity index (χ3n) is 4.84. The first kappa shape index (κ1) is 14.5. The minimum absolute atomic E-state index is 0.0178. The summed E-state index contributed by atoms with van der Waals surface area (Å²) in [6.45, 7) is 0. The zero-order valence-electron chi connectivity index (χ0n) is 12.9. The number of fused-ring (bicyclic) bond motifs is 4. The van der Waals surface area contributed by atoms with Gasteiger partial charge in [-0.2, -0.15) is 0 Å². The Hall–Kier alpha value is -1.86. The van der Waals surface area contributed by atoms with Crippen LogP contribution in [0.5, 0.6) is 0 Å². The van der Waals surface area contributed by atoms with Gasteiger partial charge in [0.1, 0.15) is 0 Å². The molecule has 1 atom stereocenters. The Labute approximate surface area is 147 Å². The van der Waals surface area contributed by atoms with Crippen molar-refractivity contribution in [1.82, 2.24) is 4.98 Å². The largest absolute Gasteiger partial charge is 0.299 e. The molecule has 1 aliphatic carbocycles. The Bertz CT molecular complexity index is 857. The predicted molar refractivity (Wildman–Crippen MR) is 94.5 cm³/mol. The summed E-state index contributed by atoms with van der Waals surface area (Å²) in [4.78, 5) is 33.2. The molecule has 5 rings (SSSR count). The highest BCUT2D eigenvalue weighted by Gasteiger charge is 2.57. The second-order valence-corrected chi connectivity index (χ2v) is 8.68. The SMILES string of the molecule is O=C1CCC2(C(=O)Nc3nc4c(s3)CCC4)Sc3ccccc3N12. The van der Waals surface area contributed by atoms with Crippen molar-refractivity contribution in [3.8, 4) is 0 Å². The van der Waals surface area contributed by atoms with Crippen molar-refractivity contribution >= 4 is 45.7 Å². The first-order valence-corrected chi connectivity index (χ1v) is 9.72. The number of nitrogens with one attached hydrogen (secondary N) is 1. The summed E-state index contributed by atoms with van der Waals surface area (Å²) < 4.78 is 0. The average molecular weight is 357 g/mol. The summed E-state index contributed by atoms with van der Waals surface area (Å²) in [5.41, 5.74) is 1.97. The standard InChI is InChI=1S/C17H15N3O2S2/c21-14-8-9-17(20(14)11-5-1-2-6-13(11)24-17)15(22)19-16-18-10-4-3-7-12(10)23-16/h1-2,5-6H,3-4,7-9H2,(H,18,19,22). The van der Waals surface area contributed by atoms with E-state index in [9.17, 15) is 9.59 Å². The number of amides is 2. The molecule has 1 fully saturated rings. The van der Waals surface area contributed by atoms with Crippen LogP contribution in [0.3, 0.4) is 0 Å². The van der Waals surface area contributed by atoms with Crippen LogP contribution in [0.2, 0.25) is 0 Å². The number of aryl methyl sites for hydroxylation is 2. The maximum Gasteiger partial charge on any atom is 0.263 e. The van der Waals surface area contributed by atoms with E-state index in [2.05, 4.69) is 10.3 Å². The lowest BCUT2D eigenvalue weighted by Crippen LogP contribution is -2.49. The number of para-hydroxylation sites is 1. The van der Waals surface area contributed by atoms with Gasteiger partial charge >= 0.3 is 0 Å². The monoisotopic (exact) mass is 357 g/mol. The van der Waals surface area contributed by atoms with Crippen molar-refractivity contribution in [2.75, 3.05) is 10.2 Å². The van der Waals surface area contributed by atoms with Crippen LogP contribution in [0.25, 0.3) is 0 Å². The minimum Gasteiger partial charge on any atom is -0.299 e. The second-order valence-electron chi connectivity index (χ2n) is 6.28. The van der Waals surface area contributed by atoms with Crippen molar-refractivity contribution in [2.24, 2.45) is 0 Å². The van der Waals surface area contributed by atoms with Crippen molar-refractivity contribution in [3.63, 3.8) is 0 Å². The summed E-state index contributed by atoms with van der Waals surface area (Å²) in [5.74, 6) is -0.119. The van der Waals surface area contributed by atoms with Crippen LogP contribution in [0, 0.1) is 0 Å². The number of rotatable bonds is 2. The number of thiazole rings is 1. The zero-order chi connectivity index (χ0) is 16.3. The van der Waals surface area contributed by atoms with Crippen LogP contribution < -0.4 is 10.2 Å². The van der Waals surface area contributed by atoms with Gasteiger partial charge in [-0.05, 0) is 37.8 Å². The predicted octanol–water partition coefficient (Wildman–Crippen LogP) is 3.20. The van der Waals surface area contributed by atoms with E-state index < -0.39 is 4.87 Å². The Morgan fingerprint density at radius 2 is 2.12 bits per heavy atom. The van der Waals surface area contributed by atoms with Crippen LogP contribution in [-0.4, -0.2) is 21.7 Å². The summed E-state index contributed by atoms with van der Waals surface area (Å²) in [5, 5.41) is 3.65. The van der Waals surface area contributed by atoms with Crippen molar-refractivity contribution in [3.05, 3.63) is 34.8 Å². The molecule has 1 aromatic heterocycles. The number of thioether (sulfide) groups is 1. The number of aromatic nitrogens is 1. The van der Waals surface area contributed by atoms with E-state index in [1.54, 1.807) is 16.2 Å². The number of benzene rings is 1. The Morgan fingerprint density at radius 3 is 3.00 bits per heavy atom. The number of carbonyl (C=O) groups excluding carboxylic acids is 2. The smallest absolute Gasteiger partial charge is 0.263 e. The molecule has 2 amide bonds. The van der Waals surface area contributed by atoms with Crippen molar-refractivity contribution in [1.29, 1.82) is 0 Å². The molecule has 5 nitrogen and oxygen atoms in total. The molecule has 2 aromatic rings. The quantitative estimate of drug-likeness (QED) is 0.897. The lowest BCUT2D eigenvalue weighted by molar-refractivity contribution is -0.121. The maximum absolute atomic E-state index is 13.1. The Morgan fingerprint density at radius 1 is 1.25 bits per heavy atom. The van der Waals surface area contributed by atoms with Gasteiger partial charge in [0, 0.05) is 16.2 Å². The van der Waals surface area contributed by atoms with Crippen molar-refractivity contribution < 1.29 is 9.59 Å². The van der Waals surface area contributed by atoms with Gasteiger partial charge in [0.2, 0.25) is 5.91 Å². The third-order valence-corrected chi connectivity index (χ3v) is 7.39. The van der Waals surface area contributed by atoms with E-state index in [1.165, 1.54) is 16.6 Å². The second kappa shape index (κ2) is 5.07. The molecule has 1 unspecified atom stereocenters. The average Bonchev–Trinajstić information content (AvgIpc) is 3.27. The molecule has 3 heterocycles. The fourth-order valence-electron chi connectivity index (χ4n) is 3.74. The van der Waals surface area contributed by atoms with E-state index >= 15 is 0 Å². The normalized spacial score (nSPS) is 24.0. The number of carbonyl (C=O) groups is 2. The van der Waals surface area contributed by atoms with E-state index in [-0.39, 0.29) is 11.8 Å². The fourth-order valence-corrected chi connectivity index (χ4v) is 6.20. The van der Waals surface area contributed by atoms with Crippen LogP contribution in [0.15, 0.2) is 29.2 Å². The van der Waals surface area contributed by atoms with E-state index in [4.69, 9.17) is 0 Å². The number of hydrogen-bond acceptors (Lipinski definition) is 5. The van der Waals surface area contributed by atoms with E-state index in [0.717, 1.165) is 35.5 Å². The van der Waals surface area contributed by atoms with Crippen LogP contribution in [0.4, 0.5) is 10.8 Å². The first-order chi connectivity index (χ1) is 11.7. The molecule has 1 saturated heterocycles. The molecule has 3 aliphatic rings. The molecule has 2 aliphatic heterocycles. The van der Waals surface area contributed by atoms with Gasteiger partial charge in [-0.3, -0.25) is 19.8 Å². The molecule has 0 bridgehead atoms. The van der Waals surface area contributed by atoms with Gasteiger partial charge in [0.15, 0.2) is 10.0 Å². The first-order valence-electron chi connectivity index (χ1n) is 8.08. The summed E-state index contributed by atoms with van der Waals surface area (Å²) in [6, 6.07) is 7.73. The lowest BCUT2D eigenvalue weighted by atomic mass is 10.2. The van der Waals surface area contributed by atoms with Gasteiger partial charge < -0.3 is 0 Å². The Kier molecular flexibility index (Phi) is 3.06. The molecule has 0 saturated carbocycles. The van der Waals surface area contributed by atoms with Crippen LogP contribution in [-0.2, 0) is 22.4 Å². The number of hydrogen-bond donors (Lipinski definition) is 1. The summed E-state index contributed by atoms with van der Waals surface area (Å²) in [7, 11) is 0. The molecular formula is C17H15N3O2S2. The highest BCUT2D eigenvalue weighted by atomic mass is 32.2. The highest BCUT2D eigenvalue weighted by molar-refractivity contribution is 8.02.